The third-order valence-corrected chi connectivity index (χ3v) is 8.05. The van der Waals surface area contributed by atoms with Gasteiger partial charge >= 0.3 is 0 Å². The van der Waals surface area contributed by atoms with Crippen molar-refractivity contribution in [2.24, 2.45) is 0 Å². The lowest BCUT2D eigenvalue weighted by Crippen LogP contribution is -2.31. The van der Waals surface area contributed by atoms with Crippen molar-refractivity contribution < 1.29 is 8.42 Å². The highest BCUT2D eigenvalue weighted by atomic mass is 35.5. The maximum absolute atomic E-state index is 12.9. The second kappa shape index (κ2) is 7.55. The number of hydrogen-bond acceptors (Lipinski definition) is 5. The van der Waals surface area contributed by atoms with Crippen molar-refractivity contribution >= 4 is 39.1 Å². The molecule has 30 heavy (non-hydrogen) atoms. The van der Waals surface area contributed by atoms with Crippen LogP contribution in [-0.2, 0) is 21.2 Å². The summed E-state index contributed by atoms with van der Waals surface area (Å²) in [5, 5.41) is 1.01. The van der Waals surface area contributed by atoms with E-state index in [0.717, 1.165) is 11.1 Å². The normalized spacial score (nSPS) is 14.9. The van der Waals surface area contributed by atoms with E-state index < -0.39 is 10.0 Å². The molecular formula is C22H22ClN3O2S2. The molecule has 4 rings (SSSR count). The molecule has 0 aliphatic carbocycles. The Kier molecular flexibility index (Phi) is 5.33. The van der Waals surface area contributed by atoms with Crippen LogP contribution < -0.4 is 4.31 Å². The zero-order chi connectivity index (χ0) is 21.7. The Balaban J connectivity index is 1.64. The first-order valence-electron chi connectivity index (χ1n) is 9.45. The number of rotatable bonds is 3. The average Bonchev–Trinajstić information content (AvgIpc) is 2.70. The van der Waals surface area contributed by atoms with Crippen molar-refractivity contribution in [3.63, 3.8) is 0 Å². The van der Waals surface area contributed by atoms with E-state index in [1.54, 1.807) is 18.2 Å². The third-order valence-electron chi connectivity index (χ3n) is 5.11. The molecule has 0 bridgehead atoms. The minimum absolute atomic E-state index is 0.110. The highest BCUT2D eigenvalue weighted by Crippen LogP contribution is 2.42. The Bertz CT molecular complexity index is 1220. The minimum atomic E-state index is -3.71. The molecule has 1 aliphatic rings. The molecule has 2 aromatic carbocycles. The SMILES string of the molecule is CN1c2cc(Cl)ccc2-c2nc(SCc3ccc(C(C)(C)C)cc3)ncc2S1(=O)=O. The number of thioether (sulfide) groups is 1. The standard InChI is InChI=1S/C22H22ClN3O2S2/c1-22(2,3)15-7-5-14(6-8-15)13-29-21-24-12-19-20(25-21)17-10-9-16(23)11-18(17)26(4)30(19,27)28/h5-12H,13H2,1-4H3. The molecular weight excluding hydrogens is 438 g/mol. The first kappa shape index (κ1) is 21.2. The van der Waals surface area contributed by atoms with Crippen LogP contribution in [0.15, 0.2) is 58.7 Å². The summed E-state index contributed by atoms with van der Waals surface area (Å²) in [5.74, 6) is 0.698. The predicted octanol–water partition coefficient (Wildman–Crippen LogP) is 5.53. The number of sulfonamides is 1. The maximum Gasteiger partial charge on any atom is 0.267 e. The van der Waals surface area contributed by atoms with E-state index in [4.69, 9.17) is 11.6 Å². The van der Waals surface area contributed by atoms with Crippen molar-refractivity contribution in [1.29, 1.82) is 0 Å². The number of benzene rings is 2. The third kappa shape index (κ3) is 3.82. The molecule has 0 spiro atoms. The molecule has 3 aromatic rings. The van der Waals surface area contributed by atoms with E-state index in [-0.39, 0.29) is 10.3 Å². The molecule has 0 amide bonds. The van der Waals surface area contributed by atoms with Gasteiger partial charge < -0.3 is 0 Å². The highest BCUT2D eigenvalue weighted by molar-refractivity contribution is 7.98. The largest absolute Gasteiger partial charge is 0.269 e. The van der Waals surface area contributed by atoms with Gasteiger partial charge in [0.15, 0.2) is 5.16 Å². The molecule has 156 valence electrons. The zero-order valence-corrected chi connectivity index (χ0v) is 19.6. The Labute approximate surface area is 186 Å². The van der Waals surface area contributed by atoms with Crippen LogP contribution in [0.3, 0.4) is 0 Å². The van der Waals surface area contributed by atoms with Crippen LogP contribution in [0.25, 0.3) is 11.3 Å². The van der Waals surface area contributed by atoms with Gasteiger partial charge in [-0.1, -0.05) is 68.4 Å². The molecule has 0 saturated heterocycles. The predicted molar refractivity (Wildman–Crippen MR) is 123 cm³/mol. The molecule has 1 aliphatic heterocycles. The summed E-state index contributed by atoms with van der Waals surface area (Å²) in [5.41, 5.74) is 4.22. The van der Waals surface area contributed by atoms with Gasteiger partial charge in [0.25, 0.3) is 10.0 Å². The number of hydrogen-bond donors (Lipinski definition) is 0. The topological polar surface area (TPSA) is 63.2 Å². The molecule has 0 radical (unpaired) electrons. The van der Waals surface area contributed by atoms with Crippen LogP contribution in [-0.4, -0.2) is 25.4 Å². The second-order valence-corrected chi connectivity index (χ2v) is 11.6. The second-order valence-electron chi connectivity index (χ2n) is 8.24. The van der Waals surface area contributed by atoms with Crippen molar-refractivity contribution in [2.75, 3.05) is 11.4 Å². The van der Waals surface area contributed by atoms with Gasteiger partial charge in [-0.25, -0.2) is 18.4 Å². The zero-order valence-electron chi connectivity index (χ0n) is 17.2. The Morgan fingerprint density at radius 1 is 1.10 bits per heavy atom. The van der Waals surface area contributed by atoms with Crippen LogP contribution in [0.5, 0.6) is 0 Å². The van der Waals surface area contributed by atoms with Crippen LogP contribution in [0.4, 0.5) is 5.69 Å². The van der Waals surface area contributed by atoms with Crippen LogP contribution in [0.2, 0.25) is 5.02 Å². The Morgan fingerprint density at radius 2 is 1.80 bits per heavy atom. The van der Waals surface area contributed by atoms with Gasteiger partial charge in [0, 0.05) is 23.4 Å². The average molecular weight is 460 g/mol. The molecule has 0 N–H and O–H groups in total. The highest BCUT2D eigenvalue weighted by Gasteiger charge is 2.34. The van der Waals surface area contributed by atoms with E-state index in [1.165, 1.54) is 34.9 Å². The fourth-order valence-corrected chi connectivity index (χ4v) is 5.53. The van der Waals surface area contributed by atoms with Crippen LogP contribution in [0.1, 0.15) is 31.9 Å². The monoisotopic (exact) mass is 459 g/mol. The molecule has 2 heterocycles. The summed E-state index contributed by atoms with van der Waals surface area (Å²) in [4.78, 5) is 9.00. The number of aromatic nitrogens is 2. The summed E-state index contributed by atoms with van der Waals surface area (Å²) in [6.07, 6.45) is 1.40. The number of anilines is 1. The fourth-order valence-electron chi connectivity index (χ4n) is 3.30. The van der Waals surface area contributed by atoms with Crippen molar-refractivity contribution in [1.82, 2.24) is 9.97 Å². The lowest BCUT2D eigenvalue weighted by atomic mass is 9.87. The summed E-state index contributed by atoms with van der Waals surface area (Å²) in [6, 6.07) is 13.7. The number of halogens is 1. The van der Waals surface area contributed by atoms with Gasteiger partial charge in [-0.15, -0.1) is 0 Å². The van der Waals surface area contributed by atoms with E-state index in [9.17, 15) is 8.42 Å². The number of nitrogens with zero attached hydrogens (tertiary/aromatic N) is 3. The smallest absolute Gasteiger partial charge is 0.267 e. The minimum Gasteiger partial charge on any atom is -0.269 e. The molecule has 0 unspecified atom stereocenters. The van der Waals surface area contributed by atoms with E-state index in [1.807, 2.05) is 0 Å². The van der Waals surface area contributed by atoms with E-state index in [0.29, 0.717) is 27.3 Å². The Morgan fingerprint density at radius 3 is 2.47 bits per heavy atom. The summed E-state index contributed by atoms with van der Waals surface area (Å²) in [7, 11) is -2.20. The van der Waals surface area contributed by atoms with Crippen molar-refractivity contribution in [3.05, 3.63) is 64.8 Å². The molecule has 5 nitrogen and oxygen atoms in total. The summed E-state index contributed by atoms with van der Waals surface area (Å²) in [6.45, 7) is 6.57. The lowest BCUT2D eigenvalue weighted by molar-refractivity contribution is 0.590. The van der Waals surface area contributed by atoms with Gasteiger partial charge in [0.2, 0.25) is 0 Å². The van der Waals surface area contributed by atoms with Gasteiger partial charge in [0.1, 0.15) is 4.90 Å². The van der Waals surface area contributed by atoms with Gasteiger partial charge in [-0.2, -0.15) is 0 Å². The summed E-state index contributed by atoms with van der Waals surface area (Å²) >= 11 is 7.57. The molecule has 0 saturated carbocycles. The summed E-state index contributed by atoms with van der Waals surface area (Å²) < 4.78 is 27.0. The van der Waals surface area contributed by atoms with Crippen molar-refractivity contribution in [2.45, 2.75) is 42.0 Å². The van der Waals surface area contributed by atoms with E-state index >= 15 is 0 Å². The number of fused-ring (bicyclic) bond motifs is 3. The van der Waals surface area contributed by atoms with Gasteiger partial charge in [-0.05, 0) is 34.7 Å². The van der Waals surface area contributed by atoms with Crippen LogP contribution >= 0.6 is 23.4 Å². The van der Waals surface area contributed by atoms with Gasteiger partial charge in [-0.3, -0.25) is 4.31 Å². The molecule has 0 atom stereocenters. The van der Waals surface area contributed by atoms with Gasteiger partial charge in [0.05, 0.1) is 17.6 Å². The molecule has 1 aromatic heterocycles. The fraction of sp³-hybridized carbons (Fsp3) is 0.273. The lowest BCUT2D eigenvalue weighted by Gasteiger charge is -2.28. The first-order valence-corrected chi connectivity index (χ1v) is 12.3. The quantitative estimate of drug-likeness (QED) is 0.381. The maximum atomic E-state index is 12.9. The molecule has 8 heteroatoms. The van der Waals surface area contributed by atoms with Crippen molar-refractivity contribution in [3.8, 4) is 11.3 Å². The Hall–Kier alpha value is -2.09. The first-order chi connectivity index (χ1) is 14.1. The van der Waals surface area contributed by atoms with Crippen LogP contribution in [0, 0.1) is 0 Å². The molecule has 0 fully saturated rings. The van der Waals surface area contributed by atoms with E-state index in [2.05, 4.69) is 55.0 Å².